The summed E-state index contributed by atoms with van der Waals surface area (Å²) in [6.45, 7) is 4.34. The molecule has 2 aromatic carbocycles. The van der Waals surface area contributed by atoms with Gasteiger partial charge in [-0.15, -0.1) is 0 Å². The molecule has 0 saturated heterocycles. The fraction of sp³-hybridized carbons (Fsp3) is 0.286. The van der Waals surface area contributed by atoms with Gasteiger partial charge in [0, 0.05) is 16.9 Å². The zero-order chi connectivity index (χ0) is 22.4. The molecule has 0 aliphatic heterocycles. The fourth-order valence-electron chi connectivity index (χ4n) is 2.56. The monoisotopic (exact) mass is 434 g/mol. The van der Waals surface area contributed by atoms with Gasteiger partial charge in [-0.1, -0.05) is 37.2 Å². The Bertz CT molecular complexity index is 1030. The molecule has 0 unspecified atom stereocenters. The molecule has 10 heteroatoms. The van der Waals surface area contributed by atoms with E-state index in [1.807, 2.05) is 13.8 Å². The number of ether oxygens (including phenoxy) is 1. The highest BCUT2D eigenvalue weighted by Gasteiger charge is 2.30. The number of carbonyl (C=O) groups excluding carboxylic acids is 1. The second-order valence-electron chi connectivity index (χ2n) is 7.14. The number of rotatable bonds is 7. The van der Waals surface area contributed by atoms with E-state index in [0.29, 0.717) is 18.0 Å². The van der Waals surface area contributed by atoms with Gasteiger partial charge < -0.3 is 14.6 Å². The number of alkyl halides is 3. The van der Waals surface area contributed by atoms with Crippen LogP contribution >= 0.6 is 0 Å². The van der Waals surface area contributed by atoms with Crippen LogP contribution in [-0.2, 0) is 17.5 Å². The summed E-state index contributed by atoms with van der Waals surface area (Å²) >= 11 is 0. The van der Waals surface area contributed by atoms with Crippen molar-refractivity contribution in [1.29, 1.82) is 0 Å². The van der Waals surface area contributed by atoms with Crippen LogP contribution < -0.4 is 10.6 Å². The van der Waals surface area contributed by atoms with E-state index in [2.05, 4.69) is 20.8 Å². The standard InChI is InChI=1S/C21H21F3N4O3/c1-13(2)12-30-20(29)26-17-8-4-7-16(10-17)25-11-18-27-19(28-31-18)14-5-3-6-15(9-14)21(22,23)24/h3-10,13,25H,11-12H2,1-2H3,(H,26,29). The molecule has 0 atom stereocenters. The molecular weight excluding hydrogens is 413 g/mol. The van der Waals surface area contributed by atoms with Crippen molar-refractivity contribution in [3.8, 4) is 11.4 Å². The first-order chi connectivity index (χ1) is 14.7. The molecule has 0 fully saturated rings. The summed E-state index contributed by atoms with van der Waals surface area (Å²) in [7, 11) is 0. The first kappa shape index (κ1) is 22.1. The number of amides is 1. The molecule has 0 aliphatic carbocycles. The van der Waals surface area contributed by atoms with Gasteiger partial charge in [0.15, 0.2) is 0 Å². The molecule has 2 N–H and O–H groups in total. The van der Waals surface area contributed by atoms with Gasteiger partial charge >= 0.3 is 12.3 Å². The van der Waals surface area contributed by atoms with E-state index in [4.69, 9.17) is 9.26 Å². The van der Waals surface area contributed by atoms with Crippen LogP contribution in [0.2, 0.25) is 0 Å². The second-order valence-corrected chi connectivity index (χ2v) is 7.14. The minimum absolute atomic E-state index is 0.0613. The summed E-state index contributed by atoms with van der Waals surface area (Å²) in [6, 6.07) is 11.6. The summed E-state index contributed by atoms with van der Waals surface area (Å²) in [4.78, 5) is 15.9. The first-order valence-electron chi connectivity index (χ1n) is 9.48. The third-order valence-corrected chi connectivity index (χ3v) is 4.02. The zero-order valence-corrected chi connectivity index (χ0v) is 16.9. The molecular formula is C21H21F3N4O3. The summed E-state index contributed by atoms with van der Waals surface area (Å²) in [5.41, 5.74) is 0.621. The fourth-order valence-corrected chi connectivity index (χ4v) is 2.56. The van der Waals surface area contributed by atoms with Gasteiger partial charge in [-0.2, -0.15) is 18.2 Å². The molecule has 3 aromatic rings. The highest BCUT2D eigenvalue weighted by molar-refractivity contribution is 5.85. The van der Waals surface area contributed by atoms with Crippen LogP contribution in [0.4, 0.5) is 29.3 Å². The van der Waals surface area contributed by atoms with Crippen LogP contribution in [0.3, 0.4) is 0 Å². The van der Waals surface area contributed by atoms with Crippen molar-refractivity contribution in [3.63, 3.8) is 0 Å². The molecule has 0 aliphatic rings. The minimum atomic E-state index is -4.45. The van der Waals surface area contributed by atoms with Crippen LogP contribution in [0, 0.1) is 5.92 Å². The van der Waals surface area contributed by atoms with Crippen LogP contribution in [0.5, 0.6) is 0 Å². The molecule has 0 radical (unpaired) electrons. The molecule has 1 amide bonds. The molecule has 1 heterocycles. The Kier molecular flexibility index (Phi) is 6.78. The molecule has 0 saturated carbocycles. The van der Waals surface area contributed by atoms with E-state index < -0.39 is 17.8 Å². The average Bonchev–Trinajstić information content (AvgIpc) is 3.20. The van der Waals surface area contributed by atoms with E-state index in [1.54, 1.807) is 24.3 Å². The van der Waals surface area contributed by atoms with Crippen LogP contribution in [0.15, 0.2) is 53.1 Å². The topological polar surface area (TPSA) is 89.3 Å². The van der Waals surface area contributed by atoms with Gasteiger partial charge in [-0.25, -0.2) is 4.79 Å². The average molecular weight is 434 g/mol. The van der Waals surface area contributed by atoms with Gasteiger partial charge in [0.1, 0.15) is 0 Å². The summed E-state index contributed by atoms with van der Waals surface area (Å²) in [6.07, 6.45) is -5.00. The number of benzene rings is 2. The number of nitrogens with zero attached hydrogens (tertiary/aromatic N) is 2. The van der Waals surface area contributed by atoms with Gasteiger partial charge in [0.25, 0.3) is 0 Å². The lowest BCUT2D eigenvalue weighted by atomic mass is 10.1. The number of halogens is 3. The van der Waals surface area contributed by atoms with Crippen molar-refractivity contribution < 1.29 is 27.2 Å². The Hall–Kier alpha value is -3.56. The van der Waals surface area contributed by atoms with Crippen molar-refractivity contribution in [2.75, 3.05) is 17.2 Å². The van der Waals surface area contributed by atoms with E-state index in [9.17, 15) is 18.0 Å². The summed E-state index contributed by atoms with van der Waals surface area (Å²) in [5, 5.41) is 9.44. The highest BCUT2D eigenvalue weighted by atomic mass is 19.4. The third-order valence-electron chi connectivity index (χ3n) is 4.02. The molecule has 3 rings (SSSR count). The van der Waals surface area contributed by atoms with Gasteiger partial charge in [-0.3, -0.25) is 5.32 Å². The van der Waals surface area contributed by atoms with Crippen molar-refractivity contribution in [1.82, 2.24) is 10.1 Å². The van der Waals surface area contributed by atoms with E-state index in [-0.39, 0.29) is 29.7 Å². The number of hydrogen-bond acceptors (Lipinski definition) is 6. The number of carbonyl (C=O) groups is 1. The van der Waals surface area contributed by atoms with Crippen molar-refractivity contribution in [2.24, 2.45) is 5.92 Å². The van der Waals surface area contributed by atoms with Crippen LogP contribution in [-0.4, -0.2) is 22.8 Å². The molecule has 7 nitrogen and oxygen atoms in total. The maximum atomic E-state index is 12.9. The van der Waals surface area contributed by atoms with Crippen molar-refractivity contribution in [3.05, 3.63) is 60.0 Å². The van der Waals surface area contributed by atoms with Crippen LogP contribution in [0.25, 0.3) is 11.4 Å². The molecule has 164 valence electrons. The third kappa shape index (κ3) is 6.46. The van der Waals surface area contributed by atoms with Crippen molar-refractivity contribution in [2.45, 2.75) is 26.6 Å². The quantitative estimate of drug-likeness (QED) is 0.505. The number of hydrogen-bond donors (Lipinski definition) is 2. The van der Waals surface area contributed by atoms with E-state index in [0.717, 1.165) is 12.1 Å². The lowest BCUT2D eigenvalue weighted by molar-refractivity contribution is -0.137. The zero-order valence-electron chi connectivity index (χ0n) is 16.9. The lowest BCUT2D eigenvalue weighted by Gasteiger charge is -2.10. The first-order valence-corrected chi connectivity index (χ1v) is 9.48. The highest BCUT2D eigenvalue weighted by Crippen LogP contribution is 2.31. The minimum Gasteiger partial charge on any atom is -0.449 e. The molecule has 0 spiro atoms. The molecule has 1 aromatic heterocycles. The predicted octanol–water partition coefficient (Wildman–Crippen LogP) is 5.57. The predicted molar refractivity (Wildman–Crippen MR) is 108 cm³/mol. The maximum absolute atomic E-state index is 12.9. The van der Waals surface area contributed by atoms with E-state index in [1.165, 1.54) is 12.1 Å². The van der Waals surface area contributed by atoms with Gasteiger partial charge in [0.05, 0.1) is 18.7 Å². The summed E-state index contributed by atoms with van der Waals surface area (Å²) in [5.74, 6) is 0.488. The number of anilines is 2. The maximum Gasteiger partial charge on any atom is 0.416 e. The SMILES string of the molecule is CC(C)COC(=O)Nc1cccc(NCc2nc(-c3cccc(C(F)(F)F)c3)no2)c1. The Balaban J connectivity index is 1.60. The Morgan fingerprint density at radius 2 is 1.87 bits per heavy atom. The van der Waals surface area contributed by atoms with Gasteiger partial charge in [0.2, 0.25) is 11.7 Å². The van der Waals surface area contributed by atoms with E-state index >= 15 is 0 Å². The second kappa shape index (κ2) is 9.50. The van der Waals surface area contributed by atoms with Gasteiger partial charge in [-0.05, 0) is 36.2 Å². The summed E-state index contributed by atoms with van der Waals surface area (Å²) < 4.78 is 48.8. The largest absolute Gasteiger partial charge is 0.449 e. The normalized spacial score (nSPS) is 11.4. The smallest absolute Gasteiger partial charge is 0.416 e. The Morgan fingerprint density at radius 1 is 1.13 bits per heavy atom. The number of aromatic nitrogens is 2. The number of nitrogens with one attached hydrogen (secondary N) is 2. The molecule has 31 heavy (non-hydrogen) atoms. The van der Waals surface area contributed by atoms with Crippen molar-refractivity contribution >= 4 is 17.5 Å². The van der Waals surface area contributed by atoms with Crippen LogP contribution in [0.1, 0.15) is 25.3 Å². The lowest BCUT2D eigenvalue weighted by Crippen LogP contribution is -2.16. The Labute approximate surface area is 176 Å². The Morgan fingerprint density at radius 3 is 2.61 bits per heavy atom. The molecule has 0 bridgehead atoms.